The second-order valence-electron chi connectivity index (χ2n) is 10.5. The van der Waals surface area contributed by atoms with Gasteiger partial charge in [0.1, 0.15) is 5.78 Å². The van der Waals surface area contributed by atoms with Crippen molar-refractivity contribution in [2.45, 2.75) is 90.4 Å². The van der Waals surface area contributed by atoms with E-state index in [1.54, 1.807) is 6.92 Å². The average Bonchev–Trinajstić information content (AvgIpc) is 2.83. The van der Waals surface area contributed by atoms with Crippen molar-refractivity contribution >= 4 is 5.78 Å². The summed E-state index contributed by atoms with van der Waals surface area (Å²) < 4.78 is 0. The van der Waals surface area contributed by atoms with Gasteiger partial charge in [-0.3, -0.25) is 4.79 Å². The summed E-state index contributed by atoms with van der Waals surface area (Å²) in [6.07, 6.45) is 8.47. The molecule has 0 aromatic heterocycles. The topological polar surface area (TPSA) is 69.6 Å². The van der Waals surface area contributed by atoms with Crippen LogP contribution in [0.5, 0.6) is 0 Å². The van der Waals surface area contributed by atoms with Crippen molar-refractivity contribution in [1.82, 2.24) is 5.32 Å². The molecule has 0 spiro atoms. The van der Waals surface area contributed by atoms with Crippen LogP contribution in [0, 0.1) is 34.5 Å². The van der Waals surface area contributed by atoms with Crippen LogP contribution in [0.3, 0.4) is 0 Å². The molecule has 4 aliphatic carbocycles. The molecule has 3 N–H and O–H groups in total. The Balaban J connectivity index is 1.56. The molecule has 0 aromatic carbocycles. The molecule has 0 aliphatic heterocycles. The van der Waals surface area contributed by atoms with Crippen LogP contribution in [0.2, 0.25) is 0 Å². The lowest BCUT2D eigenvalue weighted by atomic mass is 9.45. The number of aliphatic hydroxyl groups is 2. The highest BCUT2D eigenvalue weighted by Gasteiger charge is 2.62. The molecule has 4 nitrogen and oxygen atoms in total. The van der Waals surface area contributed by atoms with E-state index in [0.717, 1.165) is 38.0 Å². The maximum absolute atomic E-state index is 11.5. The van der Waals surface area contributed by atoms with Crippen molar-refractivity contribution < 1.29 is 15.0 Å². The van der Waals surface area contributed by atoms with Gasteiger partial charge < -0.3 is 15.5 Å². The second-order valence-corrected chi connectivity index (χ2v) is 10.5. The highest BCUT2D eigenvalue weighted by molar-refractivity contribution is 5.77. The smallest absolute Gasteiger partial charge is 0.143 e. The third-order valence-corrected chi connectivity index (χ3v) is 9.24. The number of carbonyl (C=O) groups is 1. The molecule has 4 saturated carbocycles. The Labute approximate surface area is 158 Å². The molecule has 0 radical (unpaired) electrons. The molecule has 26 heavy (non-hydrogen) atoms. The van der Waals surface area contributed by atoms with Crippen LogP contribution in [0.4, 0.5) is 0 Å². The molecular weight excluding hydrogens is 326 g/mol. The van der Waals surface area contributed by atoms with E-state index in [9.17, 15) is 15.0 Å². The molecule has 4 heteroatoms. The predicted molar refractivity (Wildman–Crippen MR) is 102 cm³/mol. The molecule has 148 valence electrons. The van der Waals surface area contributed by atoms with E-state index in [2.05, 4.69) is 19.2 Å². The third kappa shape index (κ3) is 2.79. The first-order valence-corrected chi connectivity index (χ1v) is 10.8. The van der Waals surface area contributed by atoms with Gasteiger partial charge in [0.25, 0.3) is 0 Å². The average molecular weight is 364 g/mol. The van der Waals surface area contributed by atoms with E-state index in [4.69, 9.17) is 0 Å². The van der Waals surface area contributed by atoms with Crippen molar-refractivity contribution in [2.24, 2.45) is 34.5 Å². The Bertz CT molecular complexity index is 566. The Morgan fingerprint density at radius 2 is 1.73 bits per heavy atom. The first kappa shape index (κ1) is 18.9. The van der Waals surface area contributed by atoms with Gasteiger partial charge in [-0.15, -0.1) is 0 Å². The lowest BCUT2D eigenvalue weighted by Gasteiger charge is -2.60. The zero-order valence-electron chi connectivity index (χ0n) is 16.7. The molecular formula is C22H37NO3. The number of nitrogens with one attached hydrogen (secondary N) is 1. The minimum atomic E-state index is -0.332. The van der Waals surface area contributed by atoms with Crippen molar-refractivity contribution in [3.63, 3.8) is 0 Å². The van der Waals surface area contributed by atoms with Crippen LogP contribution in [0.25, 0.3) is 0 Å². The van der Waals surface area contributed by atoms with Gasteiger partial charge in [-0.05, 0) is 92.8 Å². The Morgan fingerprint density at radius 3 is 2.46 bits per heavy atom. The van der Waals surface area contributed by atoms with Gasteiger partial charge in [-0.25, -0.2) is 0 Å². The van der Waals surface area contributed by atoms with E-state index in [0.29, 0.717) is 29.7 Å². The van der Waals surface area contributed by atoms with Crippen molar-refractivity contribution in [3.8, 4) is 0 Å². The number of aliphatic hydroxyl groups excluding tert-OH is 2. The molecule has 4 rings (SSSR count). The summed E-state index contributed by atoms with van der Waals surface area (Å²) in [6, 6.07) is 0.0519. The molecule has 0 unspecified atom stereocenters. The number of fused-ring (bicyclic) bond motifs is 5. The minimum Gasteiger partial charge on any atom is -0.393 e. The second kappa shape index (κ2) is 6.56. The van der Waals surface area contributed by atoms with Crippen LogP contribution in [0.15, 0.2) is 0 Å². The Hall–Kier alpha value is -0.450. The largest absolute Gasteiger partial charge is 0.393 e. The van der Waals surface area contributed by atoms with E-state index in [-0.39, 0.29) is 29.4 Å². The molecule has 0 saturated heterocycles. The predicted octanol–water partition coefficient (Wildman–Crippen LogP) is 2.91. The van der Waals surface area contributed by atoms with E-state index >= 15 is 0 Å². The SMILES string of the molecule is CC(=O)CN[C@H]1[C@@H](O)C[C@H]2[C@@H]3CC[C@H]4C[C@@H](O)CC[C@]4(C)[C@H]3CC[C@@]21C. The van der Waals surface area contributed by atoms with Gasteiger partial charge in [0.15, 0.2) is 0 Å². The Morgan fingerprint density at radius 1 is 1.00 bits per heavy atom. The number of hydrogen-bond donors (Lipinski definition) is 3. The zero-order chi connectivity index (χ0) is 18.7. The fourth-order valence-corrected chi connectivity index (χ4v) is 7.87. The van der Waals surface area contributed by atoms with Crippen LogP contribution in [-0.4, -0.2) is 40.8 Å². The van der Waals surface area contributed by atoms with Crippen molar-refractivity contribution in [2.75, 3.05) is 6.54 Å². The first-order chi connectivity index (χ1) is 12.3. The third-order valence-electron chi connectivity index (χ3n) is 9.24. The fraction of sp³-hybridized carbons (Fsp3) is 0.955. The number of ketones is 1. The number of hydrogen-bond acceptors (Lipinski definition) is 4. The summed E-state index contributed by atoms with van der Waals surface area (Å²) in [4.78, 5) is 11.5. The fourth-order valence-electron chi connectivity index (χ4n) is 7.87. The van der Waals surface area contributed by atoms with E-state index in [1.807, 2.05) is 0 Å². The van der Waals surface area contributed by atoms with Crippen molar-refractivity contribution in [1.29, 1.82) is 0 Å². The molecule has 0 amide bonds. The van der Waals surface area contributed by atoms with Gasteiger partial charge in [-0.2, -0.15) is 0 Å². The standard InChI is InChI=1S/C22H37NO3/c1-13(24)12-23-20-19(26)11-18-16-5-4-14-10-15(25)6-8-21(14,2)17(16)7-9-22(18,20)3/h14-20,23,25-26H,4-12H2,1-3H3/t14-,15-,16+,17-,18-,19-,20-,21-,22-/m0/s1. The van der Waals surface area contributed by atoms with Crippen molar-refractivity contribution in [3.05, 3.63) is 0 Å². The zero-order valence-corrected chi connectivity index (χ0v) is 16.7. The van der Waals surface area contributed by atoms with Gasteiger partial charge in [-0.1, -0.05) is 13.8 Å². The molecule has 9 atom stereocenters. The maximum atomic E-state index is 11.5. The number of Topliss-reactive ketones (excluding diaryl/α,β-unsaturated/α-hetero) is 1. The van der Waals surface area contributed by atoms with Gasteiger partial charge in [0.05, 0.1) is 18.8 Å². The maximum Gasteiger partial charge on any atom is 0.143 e. The lowest BCUT2D eigenvalue weighted by molar-refractivity contribution is -0.124. The highest BCUT2D eigenvalue weighted by Crippen LogP contribution is 2.66. The van der Waals surface area contributed by atoms with E-state index < -0.39 is 0 Å². The summed E-state index contributed by atoms with van der Waals surface area (Å²) in [5.41, 5.74) is 0.479. The highest BCUT2D eigenvalue weighted by atomic mass is 16.3. The van der Waals surface area contributed by atoms with Gasteiger partial charge >= 0.3 is 0 Å². The molecule has 0 aromatic rings. The minimum absolute atomic E-state index is 0.0519. The van der Waals surface area contributed by atoms with Gasteiger partial charge in [0.2, 0.25) is 0 Å². The van der Waals surface area contributed by atoms with Gasteiger partial charge in [0, 0.05) is 6.04 Å². The molecule has 4 fully saturated rings. The Kier molecular flexibility index (Phi) is 4.77. The van der Waals surface area contributed by atoms with Crippen LogP contribution >= 0.6 is 0 Å². The molecule has 0 bridgehead atoms. The van der Waals surface area contributed by atoms with Crippen LogP contribution in [0.1, 0.15) is 72.1 Å². The summed E-state index contributed by atoms with van der Waals surface area (Å²) in [7, 11) is 0. The van der Waals surface area contributed by atoms with E-state index in [1.165, 1.54) is 19.3 Å². The summed E-state index contributed by atoms with van der Waals surface area (Å²) in [6.45, 7) is 6.85. The quantitative estimate of drug-likeness (QED) is 0.721. The molecule has 0 heterocycles. The first-order valence-electron chi connectivity index (χ1n) is 10.8. The van der Waals surface area contributed by atoms with Crippen LogP contribution in [-0.2, 0) is 4.79 Å². The number of carbonyl (C=O) groups excluding carboxylic acids is 1. The summed E-state index contributed by atoms with van der Waals surface area (Å²) in [5, 5.41) is 24.4. The van der Waals surface area contributed by atoms with Crippen LogP contribution < -0.4 is 5.32 Å². The number of rotatable bonds is 3. The summed E-state index contributed by atoms with van der Waals surface area (Å²) >= 11 is 0. The lowest BCUT2D eigenvalue weighted by Crippen LogP contribution is -2.56. The monoisotopic (exact) mass is 363 g/mol. The summed E-state index contributed by atoms with van der Waals surface area (Å²) in [5.74, 6) is 2.82. The normalized spacial score (nSPS) is 53.5. The molecule has 4 aliphatic rings.